The van der Waals surface area contributed by atoms with Crippen LogP contribution in [-0.2, 0) is 16.1 Å². The Balaban J connectivity index is 2.48. The minimum atomic E-state index is -0.650. The first-order valence-corrected chi connectivity index (χ1v) is 5.77. The number of nitrogens with zero attached hydrogens (tertiary/aromatic N) is 1. The third-order valence-electron chi connectivity index (χ3n) is 2.20. The molecule has 1 N–H and O–H groups in total. The summed E-state index contributed by atoms with van der Waals surface area (Å²) in [7, 11) is 1.30. The molecule has 0 saturated carbocycles. The topological polar surface area (TPSA) is 41.6 Å². The molecule has 0 aromatic heterocycles. The molecule has 1 aromatic rings. The minimum Gasteiger partial charge on any atom is -0.468 e. The van der Waals surface area contributed by atoms with Crippen LogP contribution in [0, 0.1) is 0 Å². The van der Waals surface area contributed by atoms with Crippen LogP contribution in [0.4, 0.5) is 0 Å². The highest BCUT2D eigenvalue weighted by Gasteiger charge is 2.20. The van der Waals surface area contributed by atoms with Gasteiger partial charge in [-0.2, -0.15) is 0 Å². The van der Waals surface area contributed by atoms with Gasteiger partial charge in [-0.15, -0.1) is 0 Å². The number of hydrogen-bond donors (Lipinski definition) is 1. The molecule has 0 saturated heterocycles. The van der Waals surface area contributed by atoms with E-state index in [1.165, 1.54) is 11.5 Å². The van der Waals surface area contributed by atoms with Crippen LogP contribution in [0.2, 0.25) is 0 Å². The third-order valence-corrected chi connectivity index (χ3v) is 2.72. The van der Waals surface area contributed by atoms with E-state index in [1.54, 1.807) is 0 Å². The first-order chi connectivity index (χ1) is 8.17. The Labute approximate surface area is 111 Å². The number of halogens is 2. The van der Waals surface area contributed by atoms with Crippen LogP contribution in [0.15, 0.2) is 30.3 Å². The lowest BCUT2D eigenvalue weighted by Crippen LogP contribution is -2.40. The molecule has 0 unspecified atom stereocenters. The summed E-state index contributed by atoms with van der Waals surface area (Å²) in [6.07, 6.45) is 0. The van der Waals surface area contributed by atoms with Crippen molar-refractivity contribution < 1.29 is 9.53 Å². The summed E-state index contributed by atoms with van der Waals surface area (Å²) in [5, 5.41) is 0. The van der Waals surface area contributed by atoms with E-state index in [0.717, 1.165) is 5.56 Å². The lowest BCUT2D eigenvalue weighted by Gasteiger charge is -2.18. The van der Waals surface area contributed by atoms with E-state index in [1.807, 2.05) is 30.3 Å². The zero-order valence-electron chi connectivity index (χ0n) is 9.40. The predicted molar refractivity (Wildman–Crippen MR) is 67.5 cm³/mol. The second-order valence-corrected chi connectivity index (χ2v) is 4.17. The average molecular weight is 277 g/mol. The molecule has 1 atom stereocenters. The first-order valence-electron chi connectivity index (χ1n) is 5.06. The molecule has 17 heavy (non-hydrogen) atoms. The van der Waals surface area contributed by atoms with Gasteiger partial charge in [0.05, 0.1) is 7.11 Å². The van der Waals surface area contributed by atoms with Crippen LogP contribution in [0.25, 0.3) is 0 Å². The maximum Gasteiger partial charge on any atom is 0.325 e. The van der Waals surface area contributed by atoms with E-state index in [-0.39, 0.29) is 6.54 Å². The van der Waals surface area contributed by atoms with Crippen molar-refractivity contribution in [2.75, 3.05) is 13.7 Å². The van der Waals surface area contributed by atoms with Crippen LogP contribution < -0.4 is 4.84 Å². The van der Waals surface area contributed by atoms with E-state index in [2.05, 4.69) is 9.57 Å². The van der Waals surface area contributed by atoms with Crippen LogP contribution in [-0.4, -0.2) is 30.1 Å². The zero-order chi connectivity index (χ0) is 12.7. The molecule has 1 aromatic carbocycles. The highest BCUT2D eigenvalue weighted by atomic mass is 35.5. The zero-order valence-corrected chi connectivity index (χ0v) is 10.9. The molecular weight excluding hydrogens is 263 g/mol. The molecule has 6 heteroatoms. The van der Waals surface area contributed by atoms with Crippen LogP contribution in [0.1, 0.15) is 5.56 Å². The fourth-order valence-corrected chi connectivity index (χ4v) is 1.77. The van der Waals surface area contributed by atoms with E-state index in [9.17, 15) is 4.79 Å². The molecule has 0 radical (unpaired) electrons. The number of rotatable bonds is 6. The SMILES string of the molecule is COC(=O)[C@H](CN(Cl)Cc1ccccc1)NCl. The molecule has 0 aliphatic carbocycles. The van der Waals surface area contributed by atoms with Gasteiger partial charge in [-0.1, -0.05) is 30.3 Å². The van der Waals surface area contributed by atoms with Crippen LogP contribution in [0.5, 0.6) is 0 Å². The van der Waals surface area contributed by atoms with Crippen molar-refractivity contribution in [2.24, 2.45) is 0 Å². The first kappa shape index (κ1) is 14.3. The molecule has 0 aliphatic heterocycles. The Bertz CT molecular complexity index is 349. The van der Waals surface area contributed by atoms with E-state index in [0.29, 0.717) is 6.54 Å². The molecule has 4 nitrogen and oxygen atoms in total. The number of carbonyl (C=O) groups excluding carboxylic acids is 1. The number of nitrogens with one attached hydrogen (secondary N) is 1. The van der Waals surface area contributed by atoms with Crippen molar-refractivity contribution in [1.82, 2.24) is 9.25 Å². The summed E-state index contributed by atoms with van der Waals surface area (Å²) in [6, 6.07) is 9.05. The van der Waals surface area contributed by atoms with Gasteiger partial charge in [-0.05, 0) is 29.1 Å². The summed E-state index contributed by atoms with van der Waals surface area (Å²) in [5.41, 5.74) is 1.06. The van der Waals surface area contributed by atoms with Gasteiger partial charge in [0, 0.05) is 13.1 Å². The average Bonchev–Trinajstić information content (AvgIpc) is 2.36. The van der Waals surface area contributed by atoms with Gasteiger partial charge in [-0.25, -0.2) is 9.25 Å². The number of ether oxygens (including phenoxy) is 1. The predicted octanol–water partition coefficient (Wildman–Crippen LogP) is 1.93. The Morgan fingerprint density at radius 1 is 1.47 bits per heavy atom. The minimum absolute atomic E-state index is 0.257. The second-order valence-electron chi connectivity index (χ2n) is 3.47. The number of benzene rings is 1. The molecule has 0 spiro atoms. The van der Waals surface area contributed by atoms with Gasteiger partial charge in [0.25, 0.3) is 0 Å². The molecule has 94 valence electrons. The number of esters is 1. The Hall–Kier alpha value is -0.810. The standard InChI is InChI=1S/C11H14Cl2N2O2/c1-17-11(16)10(14-12)8-15(13)7-9-5-3-2-4-6-9/h2-6,10,14H,7-8H2,1H3/t10-/m0/s1. The van der Waals surface area contributed by atoms with Gasteiger partial charge in [0.1, 0.15) is 6.04 Å². The molecule has 0 bridgehead atoms. The van der Waals surface area contributed by atoms with Gasteiger partial charge in [-0.3, -0.25) is 4.79 Å². The van der Waals surface area contributed by atoms with Gasteiger partial charge in [0.15, 0.2) is 0 Å². The lowest BCUT2D eigenvalue weighted by atomic mass is 10.2. The fraction of sp³-hybridized carbons (Fsp3) is 0.364. The van der Waals surface area contributed by atoms with Crippen molar-refractivity contribution in [1.29, 1.82) is 0 Å². The maximum absolute atomic E-state index is 11.3. The van der Waals surface area contributed by atoms with E-state index in [4.69, 9.17) is 23.6 Å². The van der Waals surface area contributed by atoms with Crippen LogP contribution in [0.3, 0.4) is 0 Å². The molecular formula is C11H14Cl2N2O2. The van der Waals surface area contributed by atoms with Gasteiger partial charge >= 0.3 is 5.97 Å². The largest absolute Gasteiger partial charge is 0.468 e. The van der Waals surface area contributed by atoms with E-state index >= 15 is 0 Å². The van der Waals surface area contributed by atoms with Crippen molar-refractivity contribution in [2.45, 2.75) is 12.6 Å². The van der Waals surface area contributed by atoms with E-state index < -0.39 is 12.0 Å². The van der Waals surface area contributed by atoms with Crippen molar-refractivity contribution >= 4 is 29.5 Å². The number of carbonyl (C=O) groups is 1. The van der Waals surface area contributed by atoms with Crippen LogP contribution >= 0.6 is 23.6 Å². The summed E-state index contributed by atoms with van der Waals surface area (Å²) in [5.74, 6) is -0.446. The Morgan fingerprint density at radius 2 is 2.12 bits per heavy atom. The van der Waals surface area contributed by atoms with Gasteiger partial charge in [0.2, 0.25) is 0 Å². The maximum atomic E-state index is 11.3. The highest BCUT2D eigenvalue weighted by molar-refractivity contribution is 6.15. The number of hydrogen-bond acceptors (Lipinski definition) is 4. The normalized spacial score (nSPS) is 12.5. The summed E-state index contributed by atoms with van der Waals surface area (Å²) < 4.78 is 6.06. The van der Waals surface area contributed by atoms with Crippen molar-refractivity contribution in [3.63, 3.8) is 0 Å². The second kappa shape index (κ2) is 7.50. The van der Waals surface area contributed by atoms with Crippen molar-refractivity contribution in [3.05, 3.63) is 35.9 Å². The quantitative estimate of drug-likeness (QED) is 0.637. The third kappa shape index (κ3) is 4.91. The summed E-state index contributed by atoms with van der Waals surface area (Å²) >= 11 is 11.5. The number of methoxy groups -OCH3 is 1. The molecule has 0 amide bonds. The highest BCUT2D eigenvalue weighted by Crippen LogP contribution is 2.08. The Kier molecular flexibility index (Phi) is 6.29. The smallest absolute Gasteiger partial charge is 0.325 e. The Morgan fingerprint density at radius 3 is 2.65 bits per heavy atom. The molecule has 0 heterocycles. The van der Waals surface area contributed by atoms with Crippen molar-refractivity contribution in [3.8, 4) is 0 Å². The molecule has 1 rings (SSSR count). The monoisotopic (exact) mass is 276 g/mol. The summed E-state index contributed by atoms with van der Waals surface area (Å²) in [6.45, 7) is 0.779. The summed E-state index contributed by atoms with van der Waals surface area (Å²) in [4.78, 5) is 13.6. The lowest BCUT2D eigenvalue weighted by molar-refractivity contribution is -0.142. The van der Waals surface area contributed by atoms with Gasteiger partial charge < -0.3 is 4.74 Å². The fourth-order valence-electron chi connectivity index (χ4n) is 1.34. The molecule has 0 fully saturated rings. The molecule has 0 aliphatic rings.